The number of methoxy groups -OCH3 is 1. The van der Waals surface area contributed by atoms with Crippen molar-refractivity contribution in [1.29, 1.82) is 0 Å². The van der Waals surface area contributed by atoms with E-state index in [4.69, 9.17) is 4.74 Å². The lowest BCUT2D eigenvalue weighted by Gasteiger charge is -2.40. The van der Waals surface area contributed by atoms with Crippen molar-refractivity contribution in [1.82, 2.24) is 19.8 Å². The summed E-state index contributed by atoms with van der Waals surface area (Å²) in [4.78, 5) is 24.6. The number of hydrogen-bond donors (Lipinski definition) is 1. The Balaban J connectivity index is 1.68. The van der Waals surface area contributed by atoms with Crippen molar-refractivity contribution in [2.75, 3.05) is 27.2 Å². The molecule has 1 fully saturated rings. The first-order valence-electron chi connectivity index (χ1n) is 9.19. The normalized spacial score (nSPS) is 19.9. The van der Waals surface area contributed by atoms with Crippen molar-refractivity contribution >= 4 is 5.91 Å². The molecule has 28 heavy (non-hydrogen) atoms. The molecule has 3 rings (SSSR count). The van der Waals surface area contributed by atoms with Crippen LogP contribution in [0.4, 0.5) is 4.39 Å². The minimum Gasteiger partial charge on any atom is -0.497 e. The fourth-order valence-electron chi connectivity index (χ4n) is 3.56. The van der Waals surface area contributed by atoms with Crippen molar-refractivity contribution in [3.05, 3.63) is 53.9 Å². The third-order valence-electron chi connectivity index (χ3n) is 4.90. The molecule has 0 aliphatic carbocycles. The van der Waals surface area contributed by atoms with Crippen molar-refractivity contribution in [3.63, 3.8) is 0 Å². The molecule has 1 atom stereocenters. The van der Waals surface area contributed by atoms with Gasteiger partial charge in [0.15, 0.2) is 5.60 Å². The second kappa shape index (κ2) is 8.62. The maximum atomic E-state index is 14.2. The van der Waals surface area contributed by atoms with Crippen LogP contribution in [-0.2, 0) is 17.9 Å². The smallest absolute Gasteiger partial charge is 0.256 e. The van der Waals surface area contributed by atoms with Crippen LogP contribution < -0.4 is 4.74 Å². The van der Waals surface area contributed by atoms with Crippen molar-refractivity contribution in [2.24, 2.45) is 0 Å². The highest BCUT2D eigenvalue weighted by atomic mass is 19.1. The number of carbonyl (C=O) groups is 1. The van der Waals surface area contributed by atoms with Gasteiger partial charge in [-0.3, -0.25) is 19.7 Å². The molecule has 1 aliphatic rings. The number of amides is 1. The van der Waals surface area contributed by atoms with E-state index < -0.39 is 11.4 Å². The molecule has 2 heterocycles. The van der Waals surface area contributed by atoms with Crippen molar-refractivity contribution in [3.8, 4) is 5.75 Å². The van der Waals surface area contributed by atoms with Gasteiger partial charge in [-0.15, -0.1) is 0 Å². The molecule has 7 nitrogen and oxygen atoms in total. The highest BCUT2D eigenvalue weighted by molar-refractivity contribution is 5.86. The van der Waals surface area contributed by atoms with E-state index in [9.17, 15) is 14.3 Å². The summed E-state index contributed by atoms with van der Waals surface area (Å²) in [6.07, 6.45) is 5.87. The summed E-state index contributed by atoms with van der Waals surface area (Å²) in [6, 6.07) is 4.44. The van der Waals surface area contributed by atoms with Crippen LogP contribution in [0.3, 0.4) is 0 Å². The van der Waals surface area contributed by atoms with Crippen LogP contribution in [-0.4, -0.2) is 63.6 Å². The van der Waals surface area contributed by atoms with E-state index in [0.29, 0.717) is 37.2 Å². The molecule has 1 aliphatic heterocycles. The van der Waals surface area contributed by atoms with E-state index >= 15 is 0 Å². The van der Waals surface area contributed by atoms with E-state index in [1.807, 2.05) is 11.9 Å². The van der Waals surface area contributed by atoms with Gasteiger partial charge >= 0.3 is 0 Å². The topological polar surface area (TPSA) is 78.8 Å². The molecule has 1 saturated heterocycles. The Morgan fingerprint density at radius 2 is 2.21 bits per heavy atom. The molecule has 1 N–H and O–H groups in total. The first-order valence-corrected chi connectivity index (χ1v) is 9.19. The Bertz CT molecular complexity index is 820. The van der Waals surface area contributed by atoms with Crippen LogP contribution in [0.25, 0.3) is 0 Å². The average molecular weight is 388 g/mol. The first kappa shape index (κ1) is 20.2. The van der Waals surface area contributed by atoms with Crippen LogP contribution in [0.15, 0.2) is 36.8 Å². The van der Waals surface area contributed by atoms with Gasteiger partial charge in [0.05, 0.1) is 12.8 Å². The Morgan fingerprint density at radius 1 is 1.39 bits per heavy atom. The SMILES string of the molecule is COc1ccc(F)c(CN2CCC[C@](O)(CN(C)Cc3cnccn3)C2=O)c1. The lowest BCUT2D eigenvalue weighted by molar-refractivity contribution is -0.160. The summed E-state index contributed by atoms with van der Waals surface area (Å²) < 4.78 is 19.3. The zero-order chi connectivity index (χ0) is 20.1. The fourth-order valence-corrected chi connectivity index (χ4v) is 3.56. The molecule has 0 radical (unpaired) electrons. The van der Waals surface area contributed by atoms with Gasteiger partial charge in [-0.1, -0.05) is 0 Å². The van der Waals surface area contributed by atoms with Gasteiger partial charge in [0.1, 0.15) is 11.6 Å². The molecule has 0 spiro atoms. The zero-order valence-corrected chi connectivity index (χ0v) is 16.1. The van der Waals surface area contributed by atoms with Gasteiger partial charge in [0, 0.05) is 50.3 Å². The number of halogens is 1. The Kier molecular flexibility index (Phi) is 6.21. The molecular formula is C20H25FN4O3. The maximum absolute atomic E-state index is 14.2. The molecule has 1 amide bonds. The van der Waals surface area contributed by atoms with Gasteiger partial charge in [-0.05, 0) is 38.1 Å². The summed E-state index contributed by atoms with van der Waals surface area (Å²) in [7, 11) is 3.33. The molecule has 1 aromatic carbocycles. The van der Waals surface area contributed by atoms with E-state index in [-0.39, 0.29) is 19.0 Å². The van der Waals surface area contributed by atoms with Crippen molar-refractivity contribution < 1.29 is 19.0 Å². The molecular weight excluding hydrogens is 363 g/mol. The quantitative estimate of drug-likeness (QED) is 0.776. The minimum absolute atomic E-state index is 0.0953. The number of aliphatic hydroxyl groups is 1. The van der Waals surface area contributed by atoms with E-state index in [2.05, 4.69) is 9.97 Å². The monoisotopic (exact) mass is 388 g/mol. The number of piperidine rings is 1. The number of hydrogen-bond acceptors (Lipinski definition) is 6. The molecule has 0 saturated carbocycles. The standard InChI is InChI=1S/C20H25FN4O3/c1-24(13-16-11-22-7-8-23-16)14-20(27)6-3-9-25(19(20)26)12-15-10-17(28-2)4-5-18(15)21/h4-5,7-8,10-11,27H,3,6,9,12-14H2,1-2H3/t20-/m0/s1. The van der Waals surface area contributed by atoms with Crippen LogP contribution in [0.1, 0.15) is 24.1 Å². The van der Waals surface area contributed by atoms with Gasteiger partial charge in [-0.25, -0.2) is 4.39 Å². The van der Waals surface area contributed by atoms with Crippen LogP contribution in [0.5, 0.6) is 5.75 Å². The lowest BCUT2D eigenvalue weighted by Crippen LogP contribution is -2.57. The van der Waals surface area contributed by atoms with Crippen molar-refractivity contribution in [2.45, 2.75) is 31.5 Å². The second-order valence-electron chi connectivity index (χ2n) is 7.19. The number of rotatable bonds is 7. The Labute approximate surface area is 163 Å². The van der Waals surface area contributed by atoms with Gasteiger partial charge < -0.3 is 14.7 Å². The first-order chi connectivity index (χ1) is 13.4. The molecule has 1 aromatic heterocycles. The van der Waals surface area contributed by atoms with E-state index in [0.717, 1.165) is 5.69 Å². The minimum atomic E-state index is -1.51. The van der Waals surface area contributed by atoms with Crippen LogP contribution in [0, 0.1) is 5.82 Å². The fraction of sp³-hybridized carbons (Fsp3) is 0.450. The maximum Gasteiger partial charge on any atom is 0.256 e. The third-order valence-corrected chi connectivity index (χ3v) is 4.90. The Hall–Kier alpha value is -2.58. The van der Waals surface area contributed by atoms with E-state index in [1.54, 1.807) is 24.7 Å². The number of carbonyl (C=O) groups excluding carboxylic acids is 1. The lowest BCUT2D eigenvalue weighted by atomic mass is 9.90. The Morgan fingerprint density at radius 3 is 2.93 bits per heavy atom. The largest absolute Gasteiger partial charge is 0.497 e. The molecule has 2 aromatic rings. The number of nitrogens with zero attached hydrogens (tertiary/aromatic N) is 4. The zero-order valence-electron chi connectivity index (χ0n) is 16.1. The summed E-state index contributed by atoms with van der Waals surface area (Å²) >= 11 is 0. The number of likely N-dealkylation sites (N-methyl/N-ethyl adjacent to an activating group) is 1. The molecule has 8 heteroatoms. The highest BCUT2D eigenvalue weighted by Gasteiger charge is 2.43. The van der Waals surface area contributed by atoms with Gasteiger partial charge in [0.25, 0.3) is 5.91 Å². The summed E-state index contributed by atoms with van der Waals surface area (Å²) in [5.41, 5.74) is -0.387. The third kappa shape index (κ3) is 4.63. The van der Waals surface area contributed by atoms with Crippen LogP contribution in [0.2, 0.25) is 0 Å². The number of likely N-dealkylation sites (tertiary alicyclic amines) is 1. The van der Waals surface area contributed by atoms with Crippen LogP contribution >= 0.6 is 0 Å². The predicted molar refractivity (Wildman–Crippen MR) is 101 cm³/mol. The van der Waals surface area contributed by atoms with Gasteiger partial charge in [0.2, 0.25) is 0 Å². The average Bonchev–Trinajstić information content (AvgIpc) is 2.68. The highest BCUT2D eigenvalue weighted by Crippen LogP contribution is 2.27. The number of benzene rings is 1. The summed E-state index contributed by atoms with van der Waals surface area (Å²) in [6.45, 7) is 1.21. The summed E-state index contributed by atoms with van der Waals surface area (Å²) in [5, 5.41) is 11.0. The van der Waals surface area contributed by atoms with Gasteiger partial charge in [-0.2, -0.15) is 0 Å². The van der Waals surface area contributed by atoms with E-state index in [1.165, 1.54) is 24.1 Å². The predicted octanol–water partition coefficient (Wildman–Crippen LogP) is 1.61. The molecule has 0 unspecified atom stereocenters. The number of ether oxygens (including phenoxy) is 1. The molecule has 0 bridgehead atoms. The number of aromatic nitrogens is 2. The summed E-state index contributed by atoms with van der Waals surface area (Å²) in [5.74, 6) is -0.255. The second-order valence-corrected chi connectivity index (χ2v) is 7.19. The molecule has 150 valence electrons.